The Labute approximate surface area is 217 Å². The van der Waals surface area contributed by atoms with Gasteiger partial charge in [-0.05, 0) is 59.2 Å². The van der Waals surface area contributed by atoms with E-state index in [1.807, 2.05) is 45.4 Å². The Morgan fingerprint density at radius 3 is 2.28 bits per heavy atom. The molecule has 0 radical (unpaired) electrons. The van der Waals surface area contributed by atoms with Gasteiger partial charge >= 0.3 is 0 Å². The summed E-state index contributed by atoms with van der Waals surface area (Å²) >= 11 is 1.82. The normalized spacial score (nSPS) is 18.1. The average molecular weight is 504 g/mol. The molecule has 2 aliphatic rings. The molecule has 7 heteroatoms. The van der Waals surface area contributed by atoms with Gasteiger partial charge in [0, 0.05) is 37.6 Å². The molecule has 1 aromatic heterocycles. The van der Waals surface area contributed by atoms with E-state index in [4.69, 9.17) is 4.74 Å². The molecular formula is C29H33N3O3S. The van der Waals surface area contributed by atoms with Gasteiger partial charge in [-0.3, -0.25) is 14.5 Å². The molecule has 3 heterocycles. The number of thiophene rings is 1. The first kappa shape index (κ1) is 24.5. The van der Waals surface area contributed by atoms with Crippen LogP contribution < -0.4 is 4.74 Å². The number of rotatable bonds is 6. The second kappa shape index (κ2) is 10.8. The molecule has 0 saturated carbocycles. The summed E-state index contributed by atoms with van der Waals surface area (Å²) in [6.07, 6.45) is 1.35. The van der Waals surface area contributed by atoms with Crippen LogP contribution in [0.4, 0.5) is 0 Å². The maximum atomic E-state index is 13.4. The number of fused-ring (bicyclic) bond motifs is 1. The fourth-order valence-corrected chi connectivity index (χ4v) is 6.21. The van der Waals surface area contributed by atoms with Gasteiger partial charge < -0.3 is 14.5 Å². The number of piperazine rings is 1. The molecule has 1 atom stereocenters. The first-order valence-corrected chi connectivity index (χ1v) is 13.5. The molecule has 0 spiro atoms. The van der Waals surface area contributed by atoms with Crippen LogP contribution in [-0.4, -0.2) is 72.9 Å². The largest absolute Gasteiger partial charge is 0.497 e. The molecule has 5 rings (SSSR count). The van der Waals surface area contributed by atoms with Crippen LogP contribution in [0.1, 0.15) is 33.2 Å². The SMILES string of the molecule is COc1ccc(CC(=O)N2CCN(C(=O)CN3CCc4sccc4C3c3ccccc3C)CC2)cc1. The van der Waals surface area contributed by atoms with Crippen LogP contribution in [-0.2, 0) is 22.4 Å². The molecule has 1 saturated heterocycles. The fraction of sp³-hybridized carbons (Fsp3) is 0.379. The van der Waals surface area contributed by atoms with Crippen LogP contribution >= 0.6 is 11.3 Å². The summed E-state index contributed by atoms with van der Waals surface area (Å²) in [5.74, 6) is 1.04. The predicted octanol–water partition coefficient (Wildman–Crippen LogP) is 3.93. The number of amides is 2. The van der Waals surface area contributed by atoms with Crippen molar-refractivity contribution in [1.82, 2.24) is 14.7 Å². The van der Waals surface area contributed by atoms with E-state index in [1.165, 1.54) is 21.6 Å². The highest BCUT2D eigenvalue weighted by atomic mass is 32.1. The number of benzene rings is 2. The zero-order valence-electron chi connectivity index (χ0n) is 21.0. The molecule has 0 aliphatic carbocycles. The monoisotopic (exact) mass is 503 g/mol. The molecule has 36 heavy (non-hydrogen) atoms. The van der Waals surface area contributed by atoms with E-state index in [9.17, 15) is 9.59 Å². The number of nitrogens with zero attached hydrogens (tertiary/aromatic N) is 3. The highest BCUT2D eigenvalue weighted by molar-refractivity contribution is 7.10. The molecule has 2 amide bonds. The van der Waals surface area contributed by atoms with Crippen molar-refractivity contribution in [2.45, 2.75) is 25.8 Å². The summed E-state index contributed by atoms with van der Waals surface area (Å²) in [5, 5.41) is 2.17. The van der Waals surface area contributed by atoms with E-state index in [0.717, 1.165) is 24.3 Å². The van der Waals surface area contributed by atoms with E-state index in [1.54, 1.807) is 7.11 Å². The second-order valence-electron chi connectivity index (χ2n) is 9.57. The maximum Gasteiger partial charge on any atom is 0.236 e. The van der Waals surface area contributed by atoms with E-state index in [-0.39, 0.29) is 17.9 Å². The minimum Gasteiger partial charge on any atom is -0.497 e. The average Bonchev–Trinajstić information content (AvgIpc) is 3.39. The Morgan fingerprint density at radius 1 is 0.889 bits per heavy atom. The standard InChI is InChI=1S/C29H33N3O3S/c1-21-5-3-4-6-24(21)29-25-12-18-36-26(25)11-13-32(29)20-28(34)31-16-14-30(15-17-31)27(33)19-22-7-9-23(35-2)10-8-22/h3-10,12,18,29H,11,13-17,19-20H2,1-2H3. The molecule has 1 fully saturated rings. The third kappa shape index (κ3) is 5.18. The van der Waals surface area contributed by atoms with Crippen molar-refractivity contribution in [3.8, 4) is 5.75 Å². The minimum atomic E-state index is 0.105. The lowest BCUT2D eigenvalue weighted by molar-refractivity contribution is -0.140. The van der Waals surface area contributed by atoms with Gasteiger partial charge in [0.15, 0.2) is 0 Å². The maximum absolute atomic E-state index is 13.4. The van der Waals surface area contributed by atoms with Crippen molar-refractivity contribution in [2.75, 3.05) is 46.4 Å². The summed E-state index contributed by atoms with van der Waals surface area (Å²) in [6, 6.07) is 18.4. The molecule has 2 aromatic carbocycles. The lowest BCUT2D eigenvalue weighted by Gasteiger charge is -2.39. The number of ether oxygens (including phenoxy) is 1. The molecule has 6 nitrogen and oxygen atoms in total. The van der Waals surface area contributed by atoms with Gasteiger partial charge in [-0.1, -0.05) is 36.4 Å². The number of hydrogen-bond donors (Lipinski definition) is 0. The Bertz CT molecular complexity index is 1210. The third-order valence-electron chi connectivity index (χ3n) is 7.39. The lowest BCUT2D eigenvalue weighted by Crippen LogP contribution is -2.53. The summed E-state index contributed by atoms with van der Waals surface area (Å²) in [6.45, 7) is 5.75. The third-order valence-corrected chi connectivity index (χ3v) is 8.38. The Balaban J connectivity index is 1.20. The molecular weight excluding hydrogens is 470 g/mol. The van der Waals surface area contributed by atoms with Crippen LogP contribution in [0.5, 0.6) is 5.75 Å². The van der Waals surface area contributed by atoms with Gasteiger partial charge in [0.1, 0.15) is 5.75 Å². The smallest absolute Gasteiger partial charge is 0.236 e. The van der Waals surface area contributed by atoms with Crippen molar-refractivity contribution in [3.05, 3.63) is 87.1 Å². The summed E-state index contributed by atoms with van der Waals surface area (Å²) in [4.78, 5) is 33.8. The van der Waals surface area contributed by atoms with Crippen LogP contribution in [0.15, 0.2) is 60.0 Å². The highest BCUT2D eigenvalue weighted by Gasteiger charge is 2.33. The van der Waals surface area contributed by atoms with Crippen molar-refractivity contribution in [2.24, 2.45) is 0 Å². The van der Waals surface area contributed by atoms with Gasteiger partial charge in [-0.25, -0.2) is 0 Å². The lowest BCUT2D eigenvalue weighted by atomic mass is 9.90. The topological polar surface area (TPSA) is 53.1 Å². The van der Waals surface area contributed by atoms with Crippen molar-refractivity contribution < 1.29 is 14.3 Å². The molecule has 0 bridgehead atoms. The van der Waals surface area contributed by atoms with Gasteiger partial charge in [-0.2, -0.15) is 0 Å². The summed E-state index contributed by atoms with van der Waals surface area (Å²) in [5.41, 5.74) is 4.84. The first-order valence-electron chi connectivity index (χ1n) is 12.6. The number of carbonyl (C=O) groups is 2. The first-order chi connectivity index (χ1) is 17.5. The summed E-state index contributed by atoms with van der Waals surface area (Å²) in [7, 11) is 1.63. The zero-order valence-corrected chi connectivity index (χ0v) is 21.8. The Kier molecular flexibility index (Phi) is 7.39. The Hall–Kier alpha value is -3.16. The second-order valence-corrected chi connectivity index (χ2v) is 10.6. The quantitative estimate of drug-likeness (QED) is 0.512. The number of hydrogen-bond acceptors (Lipinski definition) is 5. The number of aryl methyl sites for hydroxylation is 1. The molecule has 3 aromatic rings. The van der Waals surface area contributed by atoms with Crippen LogP contribution in [0, 0.1) is 6.92 Å². The van der Waals surface area contributed by atoms with Crippen molar-refractivity contribution in [3.63, 3.8) is 0 Å². The number of methoxy groups -OCH3 is 1. The van der Waals surface area contributed by atoms with Crippen LogP contribution in [0.25, 0.3) is 0 Å². The zero-order chi connectivity index (χ0) is 25.1. The number of carbonyl (C=O) groups excluding carboxylic acids is 2. The van der Waals surface area contributed by atoms with Gasteiger partial charge in [0.25, 0.3) is 0 Å². The van der Waals surface area contributed by atoms with Crippen LogP contribution in [0.3, 0.4) is 0 Å². The predicted molar refractivity (Wildman–Crippen MR) is 142 cm³/mol. The van der Waals surface area contributed by atoms with Crippen molar-refractivity contribution in [1.29, 1.82) is 0 Å². The van der Waals surface area contributed by atoms with E-state index in [2.05, 4.69) is 47.5 Å². The van der Waals surface area contributed by atoms with Gasteiger partial charge in [-0.15, -0.1) is 11.3 Å². The molecule has 2 aliphatic heterocycles. The van der Waals surface area contributed by atoms with Crippen molar-refractivity contribution >= 4 is 23.2 Å². The fourth-order valence-electron chi connectivity index (χ4n) is 5.31. The van der Waals surface area contributed by atoms with E-state index in [0.29, 0.717) is 39.1 Å². The summed E-state index contributed by atoms with van der Waals surface area (Å²) < 4.78 is 5.19. The van der Waals surface area contributed by atoms with Gasteiger partial charge in [0.2, 0.25) is 11.8 Å². The molecule has 188 valence electrons. The van der Waals surface area contributed by atoms with E-state index >= 15 is 0 Å². The highest BCUT2D eigenvalue weighted by Crippen LogP contribution is 2.38. The van der Waals surface area contributed by atoms with E-state index < -0.39 is 0 Å². The van der Waals surface area contributed by atoms with Crippen LogP contribution in [0.2, 0.25) is 0 Å². The minimum absolute atomic E-state index is 0.105. The Morgan fingerprint density at radius 2 is 1.58 bits per heavy atom. The molecule has 0 N–H and O–H groups in total. The van der Waals surface area contributed by atoms with Gasteiger partial charge in [0.05, 0.1) is 26.1 Å². The molecule has 1 unspecified atom stereocenters.